The number of ketones is 1. The van der Waals surface area contributed by atoms with Crippen LogP contribution in [0.1, 0.15) is 59.6 Å². The molecule has 0 spiro atoms. The summed E-state index contributed by atoms with van der Waals surface area (Å²) in [6.07, 6.45) is 3.22. The predicted octanol–water partition coefficient (Wildman–Crippen LogP) is 7.22. The number of amides is 1. The molecule has 200 valence electrons. The average Bonchev–Trinajstić information content (AvgIpc) is 3.63. The zero-order valence-electron chi connectivity index (χ0n) is 22.9. The third-order valence-electron chi connectivity index (χ3n) is 7.44. The third-order valence-corrected chi connectivity index (χ3v) is 8.33. The first kappa shape index (κ1) is 26.8. The first-order valence-corrected chi connectivity index (χ1v) is 14.4. The molecular weight excluding hydrogens is 504 g/mol. The number of H-pyrrole nitrogens is 1. The number of aryl methyl sites for hydroxylation is 1. The van der Waals surface area contributed by atoms with Crippen molar-refractivity contribution in [1.82, 2.24) is 14.9 Å². The van der Waals surface area contributed by atoms with E-state index in [0.29, 0.717) is 12.0 Å². The van der Waals surface area contributed by atoms with Gasteiger partial charge in [0, 0.05) is 51.1 Å². The second-order valence-electron chi connectivity index (χ2n) is 9.89. The quantitative estimate of drug-likeness (QED) is 0.165. The number of Topliss-reactive ketones (excluding diaryl/α,β-unsaturated/α-hetero) is 1. The molecule has 1 amide bonds. The highest BCUT2D eigenvalue weighted by Crippen LogP contribution is 2.38. The number of rotatable bonds is 10. The lowest BCUT2D eigenvalue weighted by Crippen LogP contribution is -2.24. The molecule has 0 saturated carbocycles. The van der Waals surface area contributed by atoms with Crippen LogP contribution in [0.15, 0.2) is 53.9 Å². The molecule has 0 saturated heterocycles. The van der Waals surface area contributed by atoms with E-state index in [1.807, 2.05) is 61.7 Å². The number of hydrogen-bond donors (Lipinski definition) is 2. The van der Waals surface area contributed by atoms with E-state index >= 15 is 0 Å². The summed E-state index contributed by atoms with van der Waals surface area (Å²) in [5.74, 6) is -0.00137. The molecule has 39 heavy (non-hydrogen) atoms. The molecule has 0 bridgehead atoms. The molecule has 1 aliphatic rings. The Hall–Kier alpha value is -3.81. The van der Waals surface area contributed by atoms with Gasteiger partial charge in [-0.25, -0.2) is 4.98 Å². The van der Waals surface area contributed by atoms with Gasteiger partial charge in [0.2, 0.25) is 0 Å². The molecule has 6 nitrogen and oxygen atoms in total. The van der Waals surface area contributed by atoms with Crippen LogP contribution in [0.5, 0.6) is 0 Å². The van der Waals surface area contributed by atoms with Crippen molar-refractivity contribution < 1.29 is 9.59 Å². The van der Waals surface area contributed by atoms with Gasteiger partial charge in [-0.05, 0) is 63.7 Å². The molecule has 4 aromatic rings. The van der Waals surface area contributed by atoms with E-state index in [9.17, 15) is 9.59 Å². The van der Waals surface area contributed by atoms with Crippen molar-refractivity contribution >= 4 is 40.4 Å². The molecule has 0 atom stereocenters. The van der Waals surface area contributed by atoms with E-state index in [1.165, 1.54) is 0 Å². The molecular formula is C32H34N4O2S. The Kier molecular flexibility index (Phi) is 7.91. The van der Waals surface area contributed by atoms with Gasteiger partial charge in [-0.1, -0.05) is 50.2 Å². The Morgan fingerprint density at radius 2 is 1.82 bits per heavy atom. The first-order valence-electron chi connectivity index (χ1n) is 13.5. The maximum absolute atomic E-state index is 13.1. The Labute approximate surface area is 233 Å². The zero-order chi connectivity index (χ0) is 27.5. The van der Waals surface area contributed by atoms with Crippen LogP contribution in [0.2, 0.25) is 0 Å². The largest absolute Gasteiger partial charge is 0.358 e. The number of carbonyl (C=O) groups is 2. The molecule has 0 fully saturated rings. The summed E-state index contributed by atoms with van der Waals surface area (Å²) in [7, 11) is 0. The Morgan fingerprint density at radius 1 is 1.05 bits per heavy atom. The van der Waals surface area contributed by atoms with Crippen molar-refractivity contribution in [3.63, 3.8) is 0 Å². The summed E-state index contributed by atoms with van der Waals surface area (Å²) >= 11 is 1.61. The minimum atomic E-state index is -0.149. The number of aromatic amines is 1. The van der Waals surface area contributed by atoms with Crippen LogP contribution in [-0.4, -0.2) is 46.2 Å². The monoisotopic (exact) mass is 538 g/mol. The molecule has 3 heterocycles. The fourth-order valence-corrected chi connectivity index (χ4v) is 6.05. The highest BCUT2D eigenvalue weighted by Gasteiger charge is 2.26. The number of nitrogens with one attached hydrogen (secondary N) is 2. The van der Waals surface area contributed by atoms with Crippen LogP contribution >= 0.6 is 11.3 Å². The van der Waals surface area contributed by atoms with Crippen molar-refractivity contribution in [2.45, 2.75) is 40.5 Å². The maximum Gasteiger partial charge on any atom is 0.256 e. The zero-order valence-corrected chi connectivity index (χ0v) is 23.7. The summed E-state index contributed by atoms with van der Waals surface area (Å²) in [5, 5.41) is 5.99. The smallest absolute Gasteiger partial charge is 0.256 e. The number of thiazole rings is 1. The Bertz CT molecular complexity index is 1540. The van der Waals surface area contributed by atoms with Gasteiger partial charge in [-0.3, -0.25) is 9.59 Å². The molecule has 1 aliphatic heterocycles. The van der Waals surface area contributed by atoms with E-state index in [-0.39, 0.29) is 11.7 Å². The minimum Gasteiger partial charge on any atom is -0.358 e. The van der Waals surface area contributed by atoms with Gasteiger partial charge < -0.3 is 15.2 Å². The van der Waals surface area contributed by atoms with Crippen LogP contribution in [0, 0.1) is 13.8 Å². The molecule has 2 N–H and O–H groups in total. The van der Waals surface area contributed by atoms with Gasteiger partial charge in [0.1, 0.15) is 5.01 Å². The number of aromatic nitrogens is 2. The van der Waals surface area contributed by atoms with Crippen molar-refractivity contribution in [2.24, 2.45) is 0 Å². The molecule has 2 aromatic carbocycles. The molecule has 0 unspecified atom stereocenters. The second kappa shape index (κ2) is 11.5. The number of nitrogens with zero attached hydrogens (tertiary/aromatic N) is 2. The van der Waals surface area contributed by atoms with E-state index in [1.54, 1.807) is 11.3 Å². The summed E-state index contributed by atoms with van der Waals surface area (Å²) in [4.78, 5) is 36.7. The Morgan fingerprint density at radius 3 is 2.56 bits per heavy atom. The summed E-state index contributed by atoms with van der Waals surface area (Å²) < 4.78 is 0. The molecule has 0 aliphatic carbocycles. The van der Waals surface area contributed by atoms with E-state index in [4.69, 9.17) is 4.98 Å². The lowest BCUT2D eigenvalue weighted by molar-refractivity contribution is -0.110. The molecule has 7 heteroatoms. The van der Waals surface area contributed by atoms with Crippen molar-refractivity contribution in [3.8, 4) is 21.8 Å². The van der Waals surface area contributed by atoms with E-state index in [2.05, 4.69) is 41.2 Å². The standard InChI is InChI=1S/C32H34N4O2S/c1-5-36(6-2)16-10-13-29(37)30-20(3)27(33-21(30)4)18-25-24-17-23(14-15-26(24)34-31(25)38)28-19-39-32(35-28)22-11-8-7-9-12-22/h7-9,11-12,14-15,17-19,33H,5-6,10,13,16H2,1-4H3,(H,34,38)/b25-18-. The number of anilines is 1. The number of hydrogen-bond acceptors (Lipinski definition) is 5. The van der Waals surface area contributed by atoms with Gasteiger partial charge in [0.05, 0.1) is 11.3 Å². The van der Waals surface area contributed by atoms with Gasteiger partial charge in [-0.15, -0.1) is 11.3 Å². The molecule has 5 rings (SSSR count). The molecule has 0 radical (unpaired) electrons. The average molecular weight is 539 g/mol. The van der Waals surface area contributed by atoms with Crippen LogP contribution in [0.25, 0.3) is 33.5 Å². The van der Waals surface area contributed by atoms with Crippen LogP contribution in [-0.2, 0) is 4.79 Å². The third kappa shape index (κ3) is 5.51. The van der Waals surface area contributed by atoms with Crippen molar-refractivity contribution in [1.29, 1.82) is 0 Å². The SMILES string of the molecule is CCN(CC)CCCC(=O)c1c(C)[nH]c(/C=C2\C(=O)Nc3ccc(-c4csc(-c5ccccc5)n4)cc32)c1C. The fourth-order valence-electron chi connectivity index (χ4n) is 5.22. The number of fused-ring (bicyclic) bond motifs is 1. The van der Waals surface area contributed by atoms with Gasteiger partial charge in [0.15, 0.2) is 5.78 Å². The number of benzene rings is 2. The fraction of sp³-hybridized carbons (Fsp3) is 0.281. The van der Waals surface area contributed by atoms with Gasteiger partial charge in [-0.2, -0.15) is 0 Å². The lowest BCUT2D eigenvalue weighted by atomic mass is 9.99. The topological polar surface area (TPSA) is 78.1 Å². The summed E-state index contributed by atoms with van der Waals surface area (Å²) in [6.45, 7) is 11.1. The molecule has 2 aromatic heterocycles. The highest BCUT2D eigenvalue weighted by molar-refractivity contribution is 7.13. The van der Waals surface area contributed by atoms with Crippen molar-refractivity contribution in [3.05, 3.63) is 82.0 Å². The Balaban J connectivity index is 1.41. The highest BCUT2D eigenvalue weighted by atomic mass is 32.1. The summed E-state index contributed by atoms with van der Waals surface area (Å²) in [6, 6.07) is 16.1. The van der Waals surface area contributed by atoms with Crippen LogP contribution in [0.3, 0.4) is 0 Å². The van der Waals surface area contributed by atoms with Crippen LogP contribution in [0.4, 0.5) is 5.69 Å². The van der Waals surface area contributed by atoms with Crippen molar-refractivity contribution in [2.75, 3.05) is 25.0 Å². The second-order valence-corrected chi connectivity index (χ2v) is 10.8. The lowest BCUT2D eigenvalue weighted by Gasteiger charge is -2.17. The van der Waals surface area contributed by atoms with Gasteiger partial charge in [0.25, 0.3) is 5.91 Å². The van der Waals surface area contributed by atoms with E-state index in [0.717, 1.165) is 81.6 Å². The number of carbonyl (C=O) groups excluding carboxylic acids is 2. The van der Waals surface area contributed by atoms with Gasteiger partial charge >= 0.3 is 0 Å². The summed E-state index contributed by atoms with van der Waals surface area (Å²) in [5.41, 5.74) is 8.38. The minimum absolute atomic E-state index is 0.148. The van der Waals surface area contributed by atoms with E-state index < -0.39 is 0 Å². The maximum atomic E-state index is 13.1. The first-order chi connectivity index (χ1) is 18.9. The van der Waals surface area contributed by atoms with Crippen LogP contribution < -0.4 is 5.32 Å². The predicted molar refractivity (Wildman–Crippen MR) is 161 cm³/mol. The normalized spacial score (nSPS) is 13.8.